The van der Waals surface area contributed by atoms with Crippen LogP contribution in [0, 0.1) is 11.8 Å². The maximum absolute atomic E-state index is 12.7. The molecule has 26 heavy (non-hydrogen) atoms. The van der Waals surface area contributed by atoms with Gasteiger partial charge in [-0.1, -0.05) is 44.2 Å². The Morgan fingerprint density at radius 3 is 2.46 bits per heavy atom. The predicted molar refractivity (Wildman–Crippen MR) is 105 cm³/mol. The molecule has 0 bridgehead atoms. The summed E-state index contributed by atoms with van der Waals surface area (Å²) in [6.07, 6.45) is 2.86. The second-order valence-electron chi connectivity index (χ2n) is 8.38. The first-order chi connectivity index (χ1) is 12.4. The molecule has 0 aliphatic carbocycles. The summed E-state index contributed by atoms with van der Waals surface area (Å²) in [5.74, 6) is 1.62. The molecule has 1 N–H and O–H groups in total. The maximum atomic E-state index is 12.7. The molecule has 0 spiro atoms. The summed E-state index contributed by atoms with van der Waals surface area (Å²) in [5, 5.41) is 3.09. The van der Waals surface area contributed by atoms with E-state index in [2.05, 4.69) is 37.9 Å². The standard InChI is InChI=1S/C22H30N2O2/c1-16-12-17(2)14-24(13-16)22(3,4)15-23-21(25)20-19(10-11-26-20)18-8-6-5-7-9-18/h5-11,16-17H,12-15H2,1-4H3,(H,23,25). The summed E-state index contributed by atoms with van der Waals surface area (Å²) < 4.78 is 5.50. The van der Waals surface area contributed by atoms with Crippen LogP contribution in [0.3, 0.4) is 0 Å². The van der Waals surface area contributed by atoms with Crippen molar-refractivity contribution < 1.29 is 9.21 Å². The lowest BCUT2D eigenvalue weighted by atomic mass is 9.88. The van der Waals surface area contributed by atoms with Gasteiger partial charge in [0, 0.05) is 30.7 Å². The van der Waals surface area contributed by atoms with Crippen LogP contribution < -0.4 is 5.32 Å². The number of likely N-dealkylation sites (tertiary alicyclic amines) is 1. The summed E-state index contributed by atoms with van der Waals surface area (Å²) in [6, 6.07) is 11.7. The Balaban J connectivity index is 1.67. The fraction of sp³-hybridized carbons (Fsp3) is 0.500. The average molecular weight is 354 g/mol. The van der Waals surface area contributed by atoms with Crippen LogP contribution in [-0.2, 0) is 0 Å². The lowest BCUT2D eigenvalue weighted by Crippen LogP contribution is -2.56. The van der Waals surface area contributed by atoms with E-state index < -0.39 is 0 Å². The Labute approximate surface area is 156 Å². The van der Waals surface area contributed by atoms with Gasteiger partial charge in [0.1, 0.15) is 0 Å². The Morgan fingerprint density at radius 2 is 1.81 bits per heavy atom. The molecule has 2 unspecified atom stereocenters. The van der Waals surface area contributed by atoms with Gasteiger partial charge in [0.05, 0.1) is 6.26 Å². The molecule has 1 saturated heterocycles. The molecular formula is C22H30N2O2. The van der Waals surface area contributed by atoms with E-state index in [1.54, 1.807) is 6.26 Å². The van der Waals surface area contributed by atoms with E-state index in [9.17, 15) is 4.79 Å². The molecule has 1 aromatic carbocycles. The van der Waals surface area contributed by atoms with E-state index in [1.165, 1.54) is 6.42 Å². The number of rotatable bonds is 5. The molecule has 1 fully saturated rings. The minimum Gasteiger partial charge on any atom is -0.459 e. The normalized spacial score (nSPS) is 21.5. The smallest absolute Gasteiger partial charge is 0.287 e. The van der Waals surface area contributed by atoms with Crippen molar-refractivity contribution >= 4 is 5.91 Å². The molecule has 2 atom stereocenters. The van der Waals surface area contributed by atoms with Gasteiger partial charge < -0.3 is 9.73 Å². The molecule has 2 heterocycles. The first-order valence-corrected chi connectivity index (χ1v) is 9.53. The summed E-state index contributed by atoms with van der Waals surface area (Å²) in [5.41, 5.74) is 1.74. The van der Waals surface area contributed by atoms with Gasteiger partial charge in [-0.05, 0) is 43.7 Å². The van der Waals surface area contributed by atoms with Gasteiger partial charge in [0.2, 0.25) is 0 Å². The van der Waals surface area contributed by atoms with Crippen LogP contribution in [0.15, 0.2) is 47.1 Å². The van der Waals surface area contributed by atoms with Gasteiger partial charge >= 0.3 is 0 Å². The van der Waals surface area contributed by atoms with E-state index in [0.29, 0.717) is 24.1 Å². The number of hydrogen-bond donors (Lipinski definition) is 1. The second kappa shape index (κ2) is 7.67. The van der Waals surface area contributed by atoms with Gasteiger partial charge in [-0.3, -0.25) is 9.69 Å². The highest BCUT2D eigenvalue weighted by molar-refractivity contribution is 5.98. The molecule has 0 saturated carbocycles. The number of amides is 1. The van der Waals surface area contributed by atoms with Crippen LogP contribution in [0.2, 0.25) is 0 Å². The van der Waals surface area contributed by atoms with E-state index >= 15 is 0 Å². The van der Waals surface area contributed by atoms with Gasteiger partial charge in [-0.2, -0.15) is 0 Å². The number of hydrogen-bond acceptors (Lipinski definition) is 3. The number of benzene rings is 1. The fourth-order valence-electron chi connectivity index (χ4n) is 3.98. The van der Waals surface area contributed by atoms with E-state index in [4.69, 9.17) is 4.42 Å². The topological polar surface area (TPSA) is 45.5 Å². The van der Waals surface area contributed by atoms with E-state index in [-0.39, 0.29) is 11.4 Å². The number of furan rings is 1. The second-order valence-corrected chi connectivity index (χ2v) is 8.38. The third-order valence-corrected chi connectivity index (χ3v) is 5.36. The SMILES string of the molecule is CC1CC(C)CN(C(C)(C)CNC(=O)c2occc2-c2ccccc2)C1. The molecule has 1 aliphatic rings. The lowest BCUT2D eigenvalue weighted by molar-refractivity contribution is 0.0441. The van der Waals surface area contributed by atoms with E-state index in [1.807, 2.05) is 36.4 Å². The van der Waals surface area contributed by atoms with Crippen LogP contribution >= 0.6 is 0 Å². The number of nitrogens with one attached hydrogen (secondary N) is 1. The van der Waals surface area contributed by atoms with Crippen molar-refractivity contribution in [3.05, 3.63) is 48.4 Å². The monoisotopic (exact) mass is 354 g/mol. The van der Waals surface area contributed by atoms with Crippen molar-refractivity contribution in [1.29, 1.82) is 0 Å². The summed E-state index contributed by atoms with van der Waals surface area (Å²) >= 11 is 0. The molecule has 1 amide bonds. The molecule has 3 rings (SSSR count). The molecule has 1 aliphatic heterocycles. The van der Waals surface area contributed by atoms with Crippen molar-refractivity contribution in [2.75, 3.05) is 19.6 Å². The molecular weight excluding hydrogens is 324 g/mol. The van der Waals surface area contributed by atoms with Crippen molar-refractivity contribution in [2.45, 2.75) is 39.7 Å². The molecule has 2 aromatic rings. The molecule has 1 aromatic heterocycles. The Hall–Kier alpha value is -2.07. The Morgan fingerprint density at radius 1 is 1.15 bits per heavy atom. The molecule has 0 radical (unpaired) electrons. The van der Waals surface area contributed by atoms with Crippen LogP contribution in [-0.4, -0.2) is 36.0 Å². The molecule has 140 valence electrons. The van der Waals surface area contributed by atoms with Gasteiger partial charge in [0.25, 0.3) is 5.91 Å². The first-order valence-electron chi connectivity index (χ1n) is 9.53. The maximum Gasteiger partial charge on any atom is 0.287 e. The highest BCUT2D eigenvalue weighted by Gasteiger charge is 2.33. The van der Waals surface area contributed by atoms with Crippen LogP contribution in [0.4, 0.5) is 0 Å². The fourth-order valence-corrected chi connectivity index (χ4v) is 3.98. The zero-order valence-electron chi connectivity index (χ0n) is 16.3. The third kappa shape index (κ3) is 4.18. The number of carbonyl (C=O) groups excluding carboxylic acids is 1. The van der Waals surface area contributed by atoms with Crippen molar-refractivity contribution in [3.63, 3.8) is 0 Å². The highest BCUT2D eigenvalue weighted by Crippen LogP contribution is 2.28. The highest BCUT2D eigenvalue weighted by atomic mass is 16.3. The summed E-state index contributed by atoms with van der Waals surface area (Å²) in [7, 11) is 0. The zero-order chi connectivity index (χ0) is 18.7. The minimum atomic E-state index is -0.153. The lowest BCUT2D eigenvalue weighted by Gasteiger charge is -2.45. The van der Waals surface area contributed by atoms with E-state index in [0.717, 1.165) is 24.2 Å². The zero-order valence-corrected chi connectivity index (χ0v) is 16.3. The first kappa shape index (κ1) is 18.7. The summed E-state index contributed by atoms with van der Waals surface area (Å²) in [4.78, 5) is 15.2. The number of piperidine rings is 1. The number of nitrogens with zero attached hydrogens (tertiary/aromatic N) is 1. The van der Waals surface area contributed by atoms with Gasteiger partial charge in [-0.15, -0.1) is 0 Å². The average Bonchev–Trinajstić information content (AvgIpc) is 3.09. The Kier molecular flexibility index (Phi) is 5.52. The van der Waals surface area contributed by atoms with Crippen molar-refractivity contribution in [3.8, 4) is 11.1 Å². The molecule has 4 nitrogen and oxygen atoms in total. The van der Waals surface area contributed by atoms with Crippen molar-refractivity contribution in [2.24, 2.45) is 11.8 Å². The molecule has 4 heteroatoms. The largest absolute Gasteiger partial charge is 0.459 e. The summed E-state index contributed by atoms with van der Waals surface area (Å²) in [6.45, 7) is 11.8. The quantitative estimate of drug-likeness (QED) is 0.864. The van der Waals surface area contributed by atoms with Gasteiger partial charge in [-0.25, -0.2) is 0 Å². The third-order valence-electron chi connectivity index (χ3n) is 5.36. The van der Waals surface area contributed by atoms with Crippen LogP contribution in [0.5, 0.6) is 0 Å². The van der Waals surface area contributed by atoms with Crippen LogP contribution in [0.1, 0.15) is 44.7 Å². The predicted octanol–water partition coefficient (Wildman–Crippen LogP) is 4.43. The van der Waals surface area contributed by atoms with Gasteiger partial charge in [0.15, 0.2) is 5.76 Å². The van der Waals surface area contributed by atoms with Crippen LogP contribution in [0.25, 0.3) is 11.1 Å². The number of carbonyl (C=O) groups is 1. The van der Waals surface area contributed by atoms with Crippen molar-refractivity contribution in [1.82, 2.24) is 10.2 Å². The minimum absolute atomic E-state index is 0.0852. The Bertz CT molecular complexity index is 726.